The van der Waals surface area contributed by atoms with Gasteiger partial charge in [-0.3, -0.25) is 0 Å². The zero-order valence-corrected chi connectivity index (χ0v) is 11.1. The van der Waals surface area contributed by atoms with Gasteiger partial charge in [0.2, 0.25) is 0 Å². The standard InChI is InChI=1S/C15H23NO/c1-4-12-5-7-13(8-6-12)15(17,11-16(2)3)14-9-10-14/h5-8,14,17H,4,9-11H2,1-3H3. The lowest BCUT2D eigenvalue weighted by Gasteiger charge is -2.32. The Bertz CT molecular complexity index is 367. The summed E-state index contributed by atoms with van der Waals surface area (Å²) in [6.07, 6.45) is 3.36. The molecule has 0 spiro atoms. The molecule has 0 aromatic heterocycles. The Morgan fingerprint density at radius 1 is 1.24 bits per heavy atom. The van der Waals surface area contributed by atoms with Crippen LogP contribution >= 0.6 is 0 Å². The molecular weight excluding hydrogens is 210 g/mol. The first kappa shape index (κ1) is 12.6. The van der Waals surface area contributed by atoms with Crippen LogP contribution in [0.25, 0.3) is 0 Å². The topological polar surface area (TPSA) is 23.5 Å². The summed E-state index contributed by atoms with van der Waals surface area (Å²) < 4.78 is 0. The summed E-state index contributed by atoms with van der Waals surface area (Å²) in [6.45, 7) is 2.87. The van der Waals surface area contributed by atoms with Crippen LogP contribution in [0.2, 0.25) is 0 Å². The van der Waals surface area contributed by atoms with Gasteiger partial charge in [-0.2, -0.15) is 0 Å². The molecule has 1 N–H and O–H groups in total. The van der Waals surface area contributed by atoms with Crippen molar-refractivity contribution < 1.29 is 5.11 Å². The number of rotatable bonds is 5. The Balaban J connectivity index is 2.25. The van der Waals surface area contributed by atoms with Gasteiger partial charge >= 0.3 is 0 Å². The molecule has 0 aliphatic heterocycles. The Hall–Kier alpha value is -0.860. The van der Waals surface area contributed by atoms with Crippen LogP contribution < -0.4 is 0 Å². The normalized spacial score (nSPS) is 19.4. The van der Waals surface area contributed by atoms with E-state index < -0.39 is 5.60 Å². The van der Waals surface area contributed by atoms with Gasteiger partial charge in [0.1, 0.15) is 5.60 Å². The number of hydrogen-bond donors (Lipinski definition) is 1. The van der Waals surface area contributed by atoms with Gasteiger partial charge in [0.15, 0.2) is 0 Å². The zero-order chi connectivity index (χ0) is 12.5. The number of aryl methyl sites for hydroxylation is 1. The predicted molar refractivity (Wildman–Crippen MR) is 71.0 cm³/mol. The van der Waals surface area contributed by atoms with Crippen LogP contribution in [-0.2, 0) is 12.0 Å². The fourth-order valence-electron chi connectivity index (χ4n) is 2.53. The summed E-state index contributed by atoms with van der Waals surface area (Å²) >= 11 is 0. The molecule has 1 aliphatic carbocycles. The molecule has 2 nitrogen and oxygen atoms in total. The summed E-state index contributed by atoms with van der Waals surface area (Å²) in [6, 6.07) is 8.47. The number of likely N-dealkylation sites (N-methyl/N-ethyl adjacent to an activating group) is 1. The largest absolute Gasteiger partial charge is 0.384 e. The molecule has 1 aromatic carbocycles. The van der Waals surface area contributed by atoms with Gasteiger partial charge in [-0.05, 0) is 50.4 Å². The van der Waals surface area contributed by atoms with Crippen LogP contribution in [0, 0.1) is 5.92 Å². The summed E-state index contributed by atoms with van der Waals surface area (Å²) in [7, 11) is 4.04. The molecule has 2 rings (SSSR count). The van der Waals surface area contributed by atoms with Crippen LogP contribution in [0.5, 0.6) is 0 Å². The Kier molecular flexibility index (Phi) is 3.55. The first-order chi connectivity index (χ1) is 8.06. The fraction of sp³-hybridized carbons (Fsp3) is 0.600. The van der Waals surface area contributed by atoms with Crippen molar-refractivity contribution in [1.82, 2.24) is 4.90 Å². The first-order valence-electron chi connectivity index (χ1n) is 6.53. The minimum atomic E-state index is -0.657. The average Bonchev–Trinajstić information content (AvgIpc) is 3.12. The fourth-order valence-corrected chi connectivity index (χ4v) is 2.53. The highest BCUT2D eigenvalue weighted by molar-refractivity contribution is 5.29. The summed E-state index contributed by atoms with van der Waals surface area (Å²) in [5.41, 5.74) is 1.75. The molecular formula is C15H23NO. The van der Waals surface area contributed by atoms with E-state index in [2.05, 4.69) is 36.1 Å². The molecule has 1 fully saturated rings. The molecule has 0 heterocycles. The van der Waals surface area contributed by atoms with E-state index in [4.69, 9.17) is 0 Å². The molecule has 1 aromatic rings. The van der Waals surface area contributed by atoms with E-state index >= 15 is 0 Å². The second-order valence-corrected chi connectivity index (χ2v) is 5.49. The van der Waals surface area contributed by atoms with E-state index in [1.807, 2.05) is 14.1 Å². The van der Waals surface area contributed by atoms with Crippen LogP contribution in [0.1, 0.15) is 30.9 Å². The summed E-state index contributed by atoms with van der Waals surface area (Å²) in [5.74, 6) is 0.442. The number of hydrogen-bond acceptors (Lipinski definition) is 2. The van der Waals surface area contributed by atoms with E-state index in [0.717, 1.165) is 24.8 Å². The first-order valence-corrected chi connectivity index (χ1v) is 6.53. The maximum atomic E-state index is 10.9. The van der Waals surface area contributed by atoms with E-state index in [1.165, 1.54) is 5.56 Å². The second kappa shape index (κ2) is 4.79. The van der Waals surface area contributed by atoms with Crippen LogP contribution in [0.4, 0.5) is 0 Å². The Morgan fingerprint density at radius 3 is 2.24 bits per heavy atom. The van der Waals surface area contributed by atoms with Gasteiger partial charge in [-0.1, -0.05) is 31.2 Å². The maximum absolute atomic E-state index is 10.9. The lowest BCUT2D eigenvalue weighted by Crippen LogP contribution is -2.39. The molecule has 1 unspecified atom stereocenters. The van der Waals surface area contributed by atoms with Gasteiger partial charge < -0.3 is 10.0 Å². The highest BCUT2D eigenvalue weighted by Gasteiger charge is 2.45. The van der Waals surface area contributed by atoms with Crippen molar-refractivity contribution in [2.75, 3.05) is 20.6 Å². The maximum Gasteiger partial charge on any atom is 0.105 e. The monoisotopic (exact) mass is 233 g/mol. The van der Waals surface area contributed by atoms with E-state index in [1.54, 1.807) is 0 Å². The van der Waals surface area contributed by atoms with Crippen LogP contribution in [-0.4, -0.2) is 30.6 Å². The minimum Gasteiger partial charge on any atom is -0.384 e. The Morgan fingerprint density at radius 2 is 1.82 bits per heavy atom. The van der Waals surface area contributed by atoms with Crippen molar-refractivity contribution in [2.45, 2.75) is 31.8 Å². The van der Waals surface area contributed by atoms with Crippen molar-refractivity contribution in [2.24, 2.45) is 5.92 Å². The van der Waals surface area contributed by atoms with Crippen molar-refractivity contribution in [3.63, 3.8) is 0 Å². The van der Waals surface area contributed by atoms with Gasteiger partial charge in [-0.25, -0.2) is 0 Å². The minimum absolute atomic E-state index is 0.442. The van der Waals surface area contributed by atoms with Gasteiger partial charge in [-0.15, -0.1) is 0 Å². The number of nitrogens with zero attached hydrogens (tertiary/aromatic N) is 1. The van der Waals surface area contributed by atoms with Gasteiger partial charge in [0, 0.05) is 6.54 Å². The number of aliphatic hydroxyl groups is 1. The van der Waals surface area contributed by atoms with E-state index in [9.17, 15) is 5.11 Å². The van der Waals surface area contributed by atoms with E-state index in [0.29, 0.717) is 12.5 Å². The summed E-state index contributed by atoms with van der Waals surface area (Å²) in [5, 5.41) is 10.9. The zero-order valence-electron chi connectivity index (χ0n) is 11.1. The molecule has 1 atom stereocenters. The molecule has 94 valence electrons. The third-order valence-corrected chi connectivity index (χ3v) is 3.67. The summed E-state index contributed by atoms with van der Waals surface area (Å²) in [4.78, 5) is 2.08. The number of benzene rings is 1. The average molecular weight is 233 g/mol. The lowest BCUT2D eigenvalue weighted by atomic mass is 9.87. The van der Waals surface area contributed by atoms with Crippen LogP contribution in [0.3, 0.4) is 0 Å². The third kappa shape index (κ3) is 2.70. The van der Waals surface area contributed by atoms with Crippen molar-refractivity contribution in [3.05, 3.63) is 35.4 Å². The van der Waals surface area contributed by atoms with Crippen LogP contribution in [0.15, 0.2) is 24.3 Å². The molecule has 0 amide bonds. The molecule has 0 radical (unpaired) electrons. The van der Waals surface area contributed by atoms with Gasteiger partial charge in [0.05, 0.1) is 0 Å². The molecule has 2 heteroatoms. The van der Waals surface area contributed by atoms with Crippen molar-refractivity contribution in [3.8, 4) is 0 Å². The third-order valence-electron chi connectivity index (χ3n) is 3.67. The van der Waals surface area contributed by atoms with Crippen molar-refractivity contribution >= 4 is 0 Å². The predicted octanol–water partition coefficient (Wildman–Crippen LogP) is 2.41. The molecule has 0 saturated heterocycles. The molecule has 1 aliphatic rings. The molecule has 0 bridgehead atoms. The second-order valence-electron chi connectivity index (χ2n) is 5.49. The Labute approximate surface area is 104 Å². The molecule has 17 heavy (non-hydrogen) atoms. The SMILES string of the molecule is CCc1ccc(C(O)(CN(C)C)C2CC2)cc1. The van der Waals surface area contributed by atoms with Crippen molar-refractivity contribution in [1.29, 1.82) is 0 Å². The molecule has 1 saturated carbocycles. The lowest BCUT2D eigenvalue weighted by molar-refractivity contribution is -0.00997. The van der Waals surface area contributed by atoms with E-state index in [-0.39, 0.29) is 0 Å². The highest BCUT2D eigenvalue weighted by atomic mass is 16.3. The van der Waals surface area contributed by atoms with Gasteiger partial charge in [0.25, 0.3) is 0 Å². The highest BCUT2D eigenvalue weighted by Crippen LogP contribution is 2.46. The quantitative estimate of drug-likeness (QED) is 0.844. The smallest absolute Gasteiger partial charge is 0.105 e.